The summed E-state index contributed by atoms with van der Waals surface area (Å²) >= 11 is 5.87. The van der Waals surface area contributed by atoms with Gasteiger partial charge in [-0.05, 0) is 31.0 Å². The molecular formula is C11H15ClFNO2. The minimum Gasteiger partial charge on any atom is -0.489 e. The van der Waals surface area contributed by atoms with E-state index >= 15 is 0 Å². The normalized spacial score (nSPS) is 12.6. The third kappa shape index (κ3) is 3.07. The second kappa shape index (κ2) is 6.03. The molecule has 16 heavy (non-hydrogen) atoms. The Bertz CT molecular complexity index is 337. The van der Waals surface area contributed by atoms with E-state index in [1.165, 1.54) is 6.07 Å². The molecule has 1 aromatic carbocycles. The van der Waals surface area contributed by atoms with E-state index in [9.17, 15) is 4.39 Å². The van der Waals surface area contributed by atoms with Gasteiger partial charge in [0.25, 0.3) is 0 Å². The van der Waals surface area contributed by atoms with E-state index < -0.39 is 11.9 Å². The maximum Gasteiger partial charge on any atom is 0.173 e. The van der Waals surface area contributed by atoms with Crippen molar-refractivity contribution in [1.29, 1.82) is 0 Å². The van der Waals surface area contributed by atoms with Crippen LogP contribution in [0.5, 0.6) is 5.75 Å². The average Bonchev–Trinajstić information content (AvgIpc) is 2.23. The molecule has 90 valence electrons. The Morgan fingerprint density at radius 3 is 2.75 bits per heavy atom. The number of rotatable bonds is 5. The molecule has 0 aliphatic heterocycles. The zero-order valence-electron chi connectivity index (χ0n) is 9.04. The number of benzene rings is 1. The van der Waals surface area contributed by atoms with Gasteiger partial charge in [-0.25, -0.2) is 4.39 Å². The van der Waals surface area contributed by atoms with Crippen molar-refractivity contribution < 1.29 is 14.2 Å². The molecule has 1 atom stereocenters. The van der Waals surface area contributed by atoms with Crippen LogP contribution in [0.15, 0.2) is 12.1 Å². The lowest BCUT2D eigenvalue weighted by molar-refractivity contribution is 0.276. The van der Waals surface area contributed by atoms with Crippen LogP contribution in [-0.4, -0.2) is 18.3 Å². The van der Waals surface area contributed by atoms with Crippen LogP contribution in [-0.2, 0) is 0 Å². The highest BCUT2D eigenvalue weighted by Gasteiger charge is 2.14. The second-order valence-electron chi connectivity index (χ2n) is 3.37. The maximum atomic E-state index is 13.6. The molecule has 0 heterocycles. The maximum absolute atomic E-state index is 13.6. The summed E-state index contributed by atoms with van der Waals surface area (Å²) in [5.74, 6) is -0.484. The van der Waals surface area contributed by atoms with Crippen molar-refractivity contribution in [2.75, 3.05) is 13.2 Å². The average molecular weight is 248 g/mol. The zero-order valence-corrected chi connectivity index (χ0v) is 9.80. The summed E-state index contributed by atoms with van der Waals surface area (Å²) in [6, 6.07) is 2.43. The number of hydrogen-bond donors (Lipinski definition) is 2. The number of nitrogens with two attached hydrogens (primary N) is 1. The molecule has 0 saturated carbocycles. The zero-order chi connectivity index (χ0) is 12.1. The number of ether oxygens (including phenoxy) is 1. The van der Waals surface area contributed by atoms with Gasteiger partial charge < -0.3 is 15.6 Å². The first-order chi connectivity index (χ1) is 7.60. The minimum atomic E-state index is -0.530. The summed E-state index contributed by atoms with van der Waals surface area (Å²) in [6.45, 7) is 2.05. The van der Waals surface area contributed by atoms with Crippen molar-refractivity contribution >= 4 is 11.6 Å². The first-order valence-corrected chi connectivity index (χ1v) is 5.46. The molecule has 0 aliphatic carbocycles. The van der Waals surface area contributed by atoms with Crippen molar-refractivity contribution in [2.45, 2.75) is 19.4 Å². The Hall–Kier alpha value is -0.840. The van der Waals surface area contributed by atoms with Gasteiger partial charge in [0.05, 0.1) is 11.6 Å². The molecule has 1 rings (SSSR count). The van der Waals surface area contributed by atoms with Crippen molar-refractivity contribution in [2.24, 2.45) is 5.73 Å². The van der Waals surface area contributed by atoms with Gasteiger partial charge >= 0.3 is 0 Å². The van der Waals surface area contributed by atoms with Crippen LogP contribution in [0.4, 0.5) is 4.39 Å². The fraction of sp³-hybridized carbons (Fsp3) is 0.455. The van der Waals surface area contributed by atoms with E-state index in [0.29, 0.717) is 18.6 Å². The van der Waals surface area contributed by atoms with Crippen molar-refractivity contribution in [1.82, 2.24) is 0 Å². The predicted molar refractivity (Wildman–Crippen MR) is 61.2 cm³/mol. The molecule has 0 amide bonds. The lowest BCUT2D eigenvalue weighted by atomic mass is 10.0. The standard InChI is InChI=1S/C11H15ClFNO2/c1-2-16-11-8(12)5-7(6-9(11)13)10(14)3-4-15/h5-6,10,15H,2-4,14H2,1H3/t10-/m0/s1. The third-order valence-corrected chi connectivity index (χ3v) is 2.46. The lowest BCUT2D eigenvalue weighted by Crippen LogP contribution is -2.12. The van der Waals surface area contributed by atoms with Gasteiger partial charge in [0.2, 0.25) is 0 Å². The fourth-order valence-electron chi connectivity index (χ4n) is 1.38. The van der Waals surface area contributed by atoms with Gasteiger partial charge in [0, 0.05) is 12.6 Å². The predicted octanol–water partition coefficient (Wildman–Crippen LogP) is 2.26. The second-order valence-corrected chi connectivity index (χ2v) is 3.77. The molecule has 0 fully saturated rings. The number of aliphatic hydroxyl groups excluding tert-OH is 1. The van der Waals surface area contributed by atoms with Gasteiger partial charge in [0.1, 0.15) is 0 Å². The molecule has 5 heteroatoms. The first kappa shape index (κ1) is 13.2. The van der Waals surface area contributed by atoms with Gasteiger partial charge in [-0.15, -0.1) is 0 Å². The van der Waals surface area contributed by atoms with Crippen LogP contribution < -0.4 is 10.5 Å². The van der Waals surface area contributed by atoms with Gasteiger partial charge in [-0.1, -0.05) is 11.6 Å². The Kier molecular flexibility index (Phi) is 4.99. The number of halogens is 2. The van der Waals surface area contributed by atoms with Gasteiger partial charge in [0.15, 0.2) is 11.6 Å². The van der Waals surface area contributed by atoms with Crippen LogP contribution in [0.3, 0.4) is 0 Å². The van der Waals surface area contributed by atoms with E-state index in [-0.39, 0.29) is 17.4 Å². The molecule has 0 saturated heterocycles. The largest absolute Gasteiger partial charge is 0.489 e. The summed E-state index contributed by atoms with van der Waals surface area (Å²) < 4.78 is 18.6. The minimum absolute atomic E-state index is 0.0455. The molecule has 0 spiro atoms. The van der Waals surface area contributed by atoms with Gasteiger partial charge in [-0.3, -0.25) is 0 Å². The van der Waals surface area contributed by atoms with E-state index in [0.717, 1.165) is 0 Å². The van der Waals surface area contributed by atoms with Crippen molar-refractivity contribution in [3.8, 4) is 5.75 Å². The van der Waals surface area contributed by atoms with E-state index in [1.807, 2.05) is 0 Å². The van der Waals surface area contributed by atoms with E-state index in [4.69, 9.17) is 27.2 Å². The number of hydrogen-bond acceptors (Lipinski definition) is 3. The van der Waals surface area contributed by atoms with Crippen LogP contribution in [0.2, 0.25) is 5.02 Å². The molecule has 0 bridgehead atoms. The van der Waals surface area contributed by atoms with Crippen LogP contribution in [0.25, 0.3) is 0 Å². The number of aliphatic hydroxyl groups is 1. The first-order valence-electron chi connectivity index (χ1n) is 5.08. The van der Waals surface area contributed by atoms with E-state index in [2.05, 4.69) is 0 Å². The monoisotopic (exact) mass is 247 g/mol. The SMILES string of the molecule is CCOc1c(F)cc([C@@H](N)CCO)cc1Cl. The fourth-order valence-corrected chi connectivity index (χ4v) is 1.65. The third-order valence-electron chi connectivity index (χ3n) is 2.18. The molecule has 1 aromatic rings. The van der Waals surface area contributed by atoms with Crippen LogP contribution in [0, 0.1) is 5.82 Å². The lowest BCUT2D eigenvalue weighted by Gasteiger charge is -2.13. The Morgan fingerprint density at radius 2 is 2.25 bits per heavy atom. The summed E-state index contributed by atoms with van der Waals surface area (Å²) in [6.07, 6.45) is 0.365. The summed E-state index contributed by atoms with van der Waals surface area (Å²) in [5.41, 5.74) is 6.30. The summed E-state index contributed by atoms with van der Waals surface area (Å²) in [5, 5.41) is 8.94. The van der Waals surface area contributed by atoms with Crippen LogP contribution >= 0.6 is 11.6 Å². The molecule has 0 aromatic heterocycles. The highest BCUT2D eigenvalue weighted by atomic mass is 35.5. The van der Waals surface area contributed by atoms with Crippen LogP contribution in [0.1, 0.15) is 24.9 Å². The van der Waals surface area contributed by atoms with Crippen molar-refractivity contribution in [3.05, 3.63) is 28.5 Å². The highest BCUT2D eigenvalue weighted by Crippen LogP contribution is 2.31. The molecule has 3 N–H and O–H groups in total. The molecule has 0 radical (unpaired) electrons. The quantitative estimate of drug-likeness (QED) is 0.839. The molecular weight excluding hydrogens is 233 g/mol. The Balaban J connectivity index is 2.99. The smallest absolute Gasteiger partial charge is 0.173 e. The topological polar surface area (TPSA) is 55.5 Å². The highest BCUT2D eigenvalue weighted by molar-refractivity contribution is 6.32. The van der Waals surface area contributed by atoms with E-state index in [1.54, 1.807) is 13.0 Å². The van der Waals surface area contributed by atoms with Crippen molar-refractivity contribution in [3.63, 3.8) is 0 Å². The molecule has 0 aliphatic rings. The Labute approximate surface area is 99.0 Å². The van der Waals surface area contributed by atoms with Gasteiger partial charge in [-0.2, -0.15) is 0 Å². The summed E-state index contributed by atoms with van der Waals surface area (Å²) in [4.78, 5) is 0. The molecule has 3 nitrogen and oxygen atoms in total. The summed E-state index contributed by atoms with van der Waals surface area (Å²) in [7, 11) is 0. The molecule has 0 unspecified atom stereocenters. The Morgan fingerprint density at radius 1 is 1.56 bits per heavy atom.